The van der Waals surface area contributed by atoms with E-state index in [9.17, 15) is 27.6 Å². The fourth-order valence-corrected chi connectivity index (χ4v) is 4.91. The summed E-state index contributed by atoms with van der Waals surface area (Å²) in [5.74, 6) is -0.269. The lowest BCUT2D eigenvalue weighted by Crippen LogP contribution is -2.51. The number of anilines is 1. The van der Waals surface area contributed by atoms with Gasteiger partial charge in [0.2, 0.25) is 0 Å². The van der Waals surface area contributed by atoms with Crippen molar-refractivity contribution in [1.29, 1.82) is 0 Å². The number of amides is 3. The maximum absolute atomic E-state index is 13.4. The molecule has 11 nitrogen and oxygen atoms in total. The highest BCUT2D eigenvalue weighted by Crippen LogP contribution is 2.30. The molecule has 4 aromatic rings. The number of benzene rings is 2. The molecule has 1 aliphatic rings. The van der Waals surface area contributed by atoms with E-state index in [1.165, 1.54) is 24.3 Å². The molecule has 0 bridgehead atoms. The number of aryl methyl sites for hydroxylation is 1. The lowest BCUT2D eigenvalue weighted by atomic mass is 10.1. The summed E-state index contributed by atoms with van der Waals surface area (Å²) < 4.78 is 51.6. The predicted molar refractivity (Wildman–Crippen MR) is 163 cm³/mol. The molecule has 0 N–H and O–H groups in total. The van der Waals surface area contributed by atoms with Crippen molar-refractivity contribution >= 4 is 34.5 Å². The number of halogens is 3. The zero-order valence-electron chi connectivity index (χ0n) is 26.0. The van der Waals surface area contributed by atoms with Gasteiger partial charge in [0.05, 0.1) is 29.2 Å². The number of ether oxygens (including phenoxy) is 2. The van der Waals surface area contributed by atoms with Crippen molar-refractivity contribution in [1.82, 2.24) is 24.3 Å². The number of hydrogen-bond acceptors (Lipinski definition) is 7. The standard InChI is InChI=1S/C32H33F3N6O5/c1-31(2,3)46-30(44)41-14-12-40(13-15-41)28(43)26-16-21-8-11-24(17-25(21)39(26)5)45-29-36-18-23(19-37-29)38(4)27(42)20-6-9-22(10-7-20)32(33,34)35/h6-11,16-19H,12-15H2,1-5H3. The fraction of sp³-hybridized carbons (Fsp3) is 0.344. The number of piperazine rings is 1. The molecular weight excluding hydrogens is 605 g/mol. The maximum atomic E-state index is 13.4. The number of carbonyl (C=O) groups excluding carboxylic acids is 3. The molecule has 46 heavy (non-hydrogen) atoms. The Morgan fingerprint density at radius 1 is 0.870 bits per heavy atom. The van der Waals surface area contributed by atoms with Gasteiger partial charge in [-0.25, -0.2) is 14.8 Å². The number of hydrogen-bond donors (Lipinski definition) is 0. The largest absolute Gasteiger partial charge is 0.444 e. The van der Waals surface area contributed by atoms with Crippen LogP contribution in [0.5, 0.6) is 11.8 Å². The average Bonchev–Trinajstić information content (AvgIpc) is 3.34. The average molecular weight is 639 g/mol. The summed E-state index contributed by atoms with van der Waals surface area (Å²) >= 11 is 0. The van der Waals surface area contributed by atoms with Gasteiger partial charge in [-0.05, 0) is 63.2 Å². The number of alkyl halides is 3. The highest BCUT2D eigenvalue weighted by atomic mass is 19.4. The van der Waals surface area contributed by atoms with Gasteiger partial charge in [-0.3, -0.25) is 9.59 Å². The summed E-state index contributed by atoms with van der Waals surface area (Å²) in [7, 11) is 3.24. The first-order chi connectivity index (χ1) is 21.6. The van der Waals surface area contributed by atoms with E-state index in [1.54, 1.807) is 39.6 Å². The maximum Gasteiger partial charge on any atom is 0.416 e. The minimum absolute atomic E-state index is 0.00634. The van der Waals surface area contributed by atoms with Crippen molar-refractivity contribution in [3.8, 4) is 11.8 Å². The normalized spacial score (nSPS) is 13.9. The summed E-state index contributed by atoms with van der Waals surface area (Å²) in [6.45, 7) is 6.94. The van der Waals surface area contributed by atoms with Crippen LogP contribution in [0, 0.1) is 0 Å². The van der Waals surface area contributed by atoms with Crippen LogP contribution < -0.4 is 9.64 Å². The monoisotopic (exact) mass is 638 g/mol. The third kappa shape index (κ3) is 7.05. The summed E-state index contributed by atoms with van der Waals surface area (Å²) in [5, 5.41) is 0.824. The summed E-state index contributed by atoms with van der Waals surface area (Å²) in [6.07, 6.45) is -2.16. The van der Waals surface area contributed by atoms with Gasteiger partial charge in [-0.15, -0.1) is 0 Å². The van der Waals surface area contributed by atoms with Crippen LogP contribution in [0.3, 0.4) is 0 Å². The van der Waals surface area contributed by atoms with E-state index in [0.717, 1.165) is 35.2 Å². The molecule has 2 aromatic heterocycles. The van der Waals surface area contributed by atoms with Crippen molar-refractivity contribution in [2.24, 2.45) is 7.05 Å². The molecule has 5 rings (SSSR count). The summed E-state index contributed by atoms with van der Waals surface area (Å²) in [4.78, 5) is 51.4. The van der Waals surface area contributed by atoms with Gasteiger partial charge in [0.15, 0.2) is 0 Å². The summed E-state index contributed by atoms with van der Waals surface area (Å²) in [5.41, 5.74) is 0.176. The molecule has 0 unspecified atom stereocenters. The number of fused-ring (bicyclic) bond motifs is 1. The third-order valence-electron chi connectivity index (χ3n) is 7.43. The van der Waals surface area contributed by atoms with Crippen molar-refractivity contribution in [3.63, 3.8) is 0 Å². The van der Waals surface area contributed by atoms with Crippen molar-refractivity contribution in [2.75, 3.05) is 38.1 Å². The fourth-order valence-electron chi connectivity index (χ4n) is 4.91. The van der Waals surface area contributed by atoms with Crippen molar-refractivity contribution < 1.29 is 37.0 Å². The zero-order valence-corrected chi connectivity index (χ0v) is 26.0. The first kappa shape index (κ1) is 32.3. The van der Waals surface area contributed by atoms with Crippen LogP contribution in [0.15, 0.2) is 60.9 Å². The predicted octanol–water partition coefficient (Wildman–Crippen LogP) is 5.75. The molecule has 3 amide bonds. The lowest BCUT2D eigenvalue weighted by Gasteiger charge is -2.35. The SMILES string of the molecule is CN(C(=O)c1ccc(C(F)(F)F)cc1)c1cnc(Oc2ccc3cc(C(=O)N4CCN(C(=O)OC(C)(C)C)CC4)n(C)c3c2)nc1. The van der Waals surface area contributed by atoms with Crippen LogP contribution in [0.2, 0.25) is 0 Å². The smallest absolute Gasteiger partial charge is 0.416 e. The van der Waals surface area contributed by atoms with Gasteiger partial charge in [-0.1, -0.05) is 0 Å². The number of aromatic nitrogens is 3. The van der Waals surface area contributed by atoms with Gasteiger partial charge >= 0.3 is 18.3 Å². The Morgan fingerprint density at radius 2 is 1.48 bits per heavy atom. The van der Waals surface area contributed by atoms with Crippen LogP contribution in [0.25, 0.3) is 10.9 Å². The molecular formula is C32H33F3N6O5. The van der Waals surface area contributed by atoms with E-state index in [-0.39, 0.29) is 17.5 Å². The number of nitrogens with zero attached hydrogens (tertiary/aromatic N) is 6. The van der Waals surface area contributed by atoms with E-state index in [4.69, 9.17) is 9.47 Å². The molecule has 0 radical (unpaired) electrons. The number of rotatable bonds is 5. The van der Waals surface area contributed by atoms with Crippen LogP contribution in [0.1, 0.15) is 47.2 Å². The Hall–Kier alpha value is -5.14. The molecule has 0 saturated carbocycles. The van der Waals surface area contributed by atoms with Crippen LogP contribution in [-0.4, -0.2) is 81.1 Å². The molecule has 0 spiro atoms. The molecule has 1 saturated heterocycles. The van der Waals surface area contributed by atoms with E-state index in [1.807, 2.05) is 26.8 Å². The quantitative estimate of drug-likeness (QED) is 0.274. The molecule has 0 atom stereocenters. The molecule has 2 aromatic carbocycles. The first-order valence-corrected chi connectivity index (χ1v) is 14.4. The van der Waals surface area contributed by atoms with Crippen LogP contribution in [0.4, 0.5) is 23.7 Å². The van der Waals surface area contributed by atoms with Gasteiger partial charge in [0, 0.05) is 57.3 Å². The number of carbonyl (C=O) groups is 3. The second kappa shape index (κ2) is 12.3. The Kier molecular flexibility index (Phi) is 8.65. The Balaban J connectivity index is 1.23. The van der Waals surface area contributed by atoms with Crippen LogP contribution in [-0.2, 0) is 18.0 Å². The summed E-state index contributed by atoms with van der Waals surface area (Å²) in [6, 6.07) is 11.0. The molecule has 242 valence electrons. The first-order valence-electron chi connectivity index (χ1n) is 14.4. The molecule has 0 aliphatic carbocycles. The minimum atomic E-state index is -4.50. The third-order valence-corrected chi connectivity index (χ3v) is 7.43. The van der Waals surface area contributed by atoms with E-state index in [0.29, 0.717) is 43.3 Å². The van der Waals surface area contributed by atoms with E-state index < -0.39 is 29.3 Å². The van der Waals surface area contributed by atoms with Crippen LogP contribution >= 0.6 is 0 Å². The van der Waals surface area contributed by atoms with Crippen molar-refractivity contribution in [3.05, 3.63) is 77.7 Å². The second-order valence-electron chi connectivity index (χ2n) is 11.8. The lowest BCUT2D eigenvalue weighted by molar-refractivity contribution is -0.137. The highest BCUT2D eigenvalue weighted by Gasteiger charge is 2.31. The Bertz CT molecular complexity index is 1760. The van der Waals surface area contributed by atoms with Gasteiger partial charge in [0.1, 0.15) is 17.0 Å². The Morgan fingerprint density at radius 3 is 2.07 bits per heavy atom. The Labute approximate surface area is 263 Å². The zero-order chi connectivity index (χ0) is 33.4. The van der Waals surface area contributed by atoms with E-state index >= 15 is 0 Å². The van der Waals surface area contributed by atoms with Gasteiger partial charge in [-0.2, -0.15) is 13.2 Å². The van der Waals surface area contributed by atoms with Gasteiger partial charge in [0.25, 0.3) is 11.8 Å². The molecule has 1 aliphatic heterocycles. The second-order valence-corrected chi connectivity index (χ2v) is 11.8. The van der Waals surface area contributed by atoms with E-state index in [2.05, 4.69) is 9.97 Å². The minimum Gasteiger partial charge on any atom is -0.444 e. The molecule has 1 fully saturated rings. The van der Waals surface area contributed by atoms with Crippen molar-refractivity contribution in [2.45, 2.75) is 32.5 Å². The highest BCUT2D eigenvalue weighted by molar-refractivity contribution is 6.05. The molecule has 3 heterocycles. The molecule has 14 heteroatoms. The van der Waals surface area contributed by atoms with Gasteiger partial charge < -0.3 is 28.7 Å². The topological polar surface area (TPSA) is 110 Å².